The summed E-state index contributed by atoms with van der Waals surface area (Å²) in [5.41, 5.74) is 2.39. The van der Waals surface area contributed by atoms with Crippen molar-refractivity contribution >= 4 is 23.2 Å². The van der Waals surface area contributed by atoms with Gasteiger partial charge in [-0.25, -0.2) is 0 Å². The lowest BCUT2D eigenvalue weighted by molar-refractivity contribution is 0.105. The largest absolute Gasteiger partial charge is 0.473 e. The van der Waals surface area contributed by atoms with Gasteiger partial charge in [-0.3, -0.25) is 0 Å². The van der Waals surface area contributed by atoms with Crippen LogP contribution in [0.15, 0.2) is 24.3 Å². The molecule has 0 amide bonds. The molecule has 2 aromatic rings. The average molecular weight is 313 g/mol. The molecular weight excluding hydrogens is 299 g/mol. The lowest BCUT2D eigenvalue weighted by atomic mass is 10.1. The van der Waals surface area contributed by atoms with E-state index in [-0.39, 0.29) is 6.61 Å². The van der Waals surface area contributed by atoms with Crippen molar-refractivity contribution in [1.29, 1.82) is 0 Å². The van der Waals surface area contributed by atoms with Gasteiger partial charge in [0.05, 0.1) is 5.69 Å². The van der Waals surface area contributed by atoms with Gasteiger partial charge in [-0.1, -0.05) is 29.3 Å². The molecule has 1 aromatic carbocycles. The van der Waals surface area contributed by atoms with Crippen LogP contribution in [0.4, 0.5) is 0 Å². The second-order valence-electron chi connectivity index (χ2n) is 4.44. The molecule has 0 saturated heterocycles. The molecule has 1 heterocycles. The molecule has 0 spiro atoms. The zero-order valence-corrected chi connectivity index (χ0v) is 12.6. The minimum absolute atomic E-state index is 0.0402. The lowest BCUT2D eigenvalue weighted by Gasteiger charge is -2.14. The predicted molar refractivity (Wildman–Crippen MR) is 78.4 cm³/mol. The maximum absolute atomic E-state index is 10.1. The van der Waals surface area contributed by atoms with E-state index < -0.39 is 6.10 Å². The first-order valence-corrected chi connectivity index (χ1v) is 6.79. The standard InChI is InChI=1S/C14H14Cl2N2O2/c1-8-5-14(18-17-9(8)2)20-7-13(19)11-4-3-10(15)6-12(11)16/h3-6,13,19H,7H2,1-2H3. The molecule has 0 radical (unpaired) electrons. The summed E-state index contributed by atoms with van der Waals surface area (Å²) in [7, 11) is 0. The van der Waals surface area contributed by atoms with Crippen LogP contribution in [0, 0.1) is 13.8 Å². The Balaban J connectivity index is 2.04. The van der Waals surface area contributed by atoms with E-state index in [1.54, 1.807) is 24.3 Å². The Morgan fingerprint density at radius 3 is 2.60 bits per heavy atom. The topological polar surface area (TPSA) is 55.2 Å². The summed E-state index contributed by atoms with van der Waals surface area (Å²) in [6.07, 6.45) is -0.858. The zero-order valence-electron chi connectivity index (χ0n) is 11.1. The third-order valence-electron chi connectivity index (χ3n) is 2.92. The average Bonchev–Trinajstić information content (AvgIpc) is 2.40. The molecule has 1 atom stereocenters. The number of nitrogens with zero attached hydrogens (tertiary/aromatic N) is 2. The highest BCUT2D eigenvalue weighted by molar-refractivity contribution is 6.35. The molecule has 0 saturated carbocycles. The normalized spacial score (nSPS) is 12.2. The van der Waals surface area contributed by atoms with Crippen molar-refractivity contribution in [2.75, 3.05) is 6.61 Å². The van der Waals surface area contributed by atoms with Crippen LogP contribution in [0.3, 0.4) is 0 Å². The van der Waals surface area contributed by atoms with E-state index in [2.05, 4.69) is 10.2 Å². The smallest absolute Gasteiger partial charge is 0.233 e. The van der Waals surface area contributed by atoms with Crippen LogP contribution < -0.4 is 4.74 Å². The van der Waals surface area contributed by atoms with Crippen LogP contribution in [0.25, 0.3) is 0 Å². The molecular formula is C14H14Cl2N2O2. The molecule has 0 bridgehead atoms. The van der Waals surface area contributed by atoms with Gasteiger partial charge in [-0.2, -0.15) is 5.10 Å². The fourth-order valence-corrected chi connectivity index (χ4v) is 2.15. The number of ether oxygens (including phenoxy) is 1. The lowest BCUT2D eigenvalue weighted by Crippen LogP contribution is -2.11. The number of aryl methyl sites for hydroxylation is 2. The molecule has 2 rings (SSSR count). The highest BCUT2D eigenvalue weighted by Gasteiger charge is 2.13. The summed E-state index contributed by atoms with van der Waals surface area (Å²) >= 11 is 11.8. The first-order valence-electron chi connectivity index (χ1n) is 6.04. The van der Waals surface area contributed by atoms with Crippen LogP contribution in [0.1, 0.15) is 22.9 Å². The maximum atomic E-state index is 10.1. The van der Waals surface area contributed by atoms with Crippen molar-refractivity contribution in [3.63, 3.8) is 0 Å². The van der Waals surface area contributed by atoms with E-state index in [4.69, 9.17) is 27.9 Å². The van der Waals surface area contributed by atoms with E-state index in [0.29, 0.717) is 21.5 Å². The number of aliphatic hydroxyl groups excluding tert-OH is 1. The van der Waals surface area contributed by atoms with E-state index in [0.717, 1.165) is 11.3 Å². The van der Waals surface area contributed by atoms with E-state index in [9.17, 15) is 5.11 Å². The molecule has 1 aromatic heterocycles. The van der Waals surface area contributed by atoms with Crippen LogP contribution in [-0.2, 0) is 0 Å². The van der Waals surface area contributed by atoms with Gasteiger partial charge >= 0.3 is 0 Å². The van der Waals surface area contributed by atoms with Crippen LogP contribution >= 0.6 is 23.2 Å². The van der Waals surface area contributed by atoms with E-state index >= 15 is 0 Å². The summed E-state index contributed by atoms with van der Waals surface area (Å²) in [5, 5.41) is 18.9. The van der Waals surface area contributed by atoms with E-state index in [1.165, 1.54) is 0 Å². The van der Waals surface area contributed by atoms with Crippen LogP contribution in [0.2, 0.25) is 10.0 Å². The fraction of sp³-hybridized carbons (Fsp3) is 0.286. The molecule has 20 heavy (non-hydrogen) atoms. The second kappa shape index (κ2) is 6.39. The molecule has 0 aliphatic heterocycles. The number of halogens is 2. The van der Waals surface area contributed by atoms with Crippen molar-refractivity contribution in [1.82, 2.24) is 10.2 Å². The van der Waals surface area contributed by atoms with Gasteiger partial charge in [0.25, 0.3) is 0 Å². The molecule has 0 fully saturated rings. The number of rotatable bonds is 4. The van der Waals surface area contributed by atoms with Gasteiger partial charge < -0.3 is 9.84 Å². The molecule has 4 nitrogen and oxygen atoms in total. The number of hydrogen-bond acceptors (Lipinski definition) is 4. The summed E-state index contributed by atoms with van der Waals surface area (Å²) in [4.78, 5) is 0. The Hall–Kier alpha value is -1.36. The molecule has 0 aliphatic carbocycles. The van der Waals surface area contributed by atoms with Gasteiger partial charge in [0.1, 0.15) is 12.7 Å². The van der Waals surface area contributed by atoms with Crippen molar-refractivity contribution in [2.45, 2.75) is 20.0 Å². The van der Waals surface area contributed by atoms with Crippen molar-refractivity contribution < 1.29 is 9.84 Å². The maximum Gasteiger partial charge on any atom is 0.233 e. The SMILES string of the molecule is Cc1cc(OCC(O)c2ccc(Cl)cc2Cl)nnc1C. The summed E-state index contributed by atoms with van der Waals surface area (Å²) in [6, 6.07) is 6.70. The Morgan fingerprint density at radius 1 is 1.20 bits per heavy atom. The minimum atomic E-state index is -0.858. The van der Waals surface area contributed by atoms with E-state index in [1.807, 2.05) is 13.8 Å². The zero-order chi connectivity index (χ0) is 14.7. The predicted octanol–water partition coefficient (Wildman–Crippen LogP) is 3.51. The summed E-state index contributed by atoms with van der Waals surface area (Å²) < 4.78 is 5.43. The Kier molecular flexibility index (Phi) is 4.81. The van der Waals surface area contributed by atoms with Gasteiger partial charge in [0, 0.05) is 21.7 Å². The Bertz CT molecular complexity index is 620. The van der Waals surface area contributed by atoms with Gasteiger partial charge in [-0.05, 0) is 31.5 Å². The van der Waals surface area contributed by atoms with Gasteiger partial charge in [0.2, 0.25) is 5.88 Å². The molecule has 106 valence electrons. The first kappa shape index (κ1) is 15.0. The van der Waals surface area contributed by atoms with Crippen molar-refractivity contribution in [3.8, 4) is 5.88 Å². The van der Waals surface area contributed by atoms with Crippen LogP contribution in [-0.4, -0.2) is 21.9 Å². The fourth-order valence-electron chi connectivity index (χ4n) is 1.62. The summed E-state index contributed by atoms with van der Waals surface area (Å²) in [6.45, 7) is 3.83. The number of hydrogen-bond donors (Lipinski definition) is 1. The van der Waals surface area contributed by atoms with Gasteiger partial charge in [0.15, 0.2) is 0 Å². The van der Waals surface area contributed by atoms with Crippen LogP contribution in [0.5, 0.6) is 5.88 Å². The Labute approximate surface area is 127 Å². The highest BCUT2D eigenvalue weighted by atomic mass is 35.5. The van der Waals surface area contributed by atoms with Gasteiger partial charge in [-0.15, -0.1) is 5.10 Å². The second-order valence-corrected chi connectivity index (χ2v) is 5.29. The third kappa shape index (κ3) is 3.60. The molecule has 0 aliphatic rings. The number of aromatic nitrogens is 2. The molecule has 1 N–H and O–H groups in total. The summed E-state index contributed by atoms with van der Waals surface area (Å²) in [5.74, 6) is 0.372. The number of aliphatic hydroxyl groups is 1. The molecule has 6 heteroatoms. The van der Waals surface area contributed by atoms with Crippen molar-refractivity contribution in [2.24, 2.45) is 0 Å². The highest BCUT2D eigenvalue weighted by Crippen LogP contribution is 2.26. The monoisotopic (exact) mass is 312 g/mol. The quantitative estimate of drug-likeness (QED) is 0.938. The first-order chi connectivity index (χ1) is 9.47. The van der Waals surface area contributed by atoms with Crippen molar-refractivity contribution in [3.05, 3.63) is 51.1 Å². The third-order valence-corrected chi connectivity index (χ3v) is 3.48. The Morgan fingerprint density at radius 2 is 1.95 bits per heavy atom. The minimum Gasteiger partial charge on any atom is -0.473 e. The number of benzene rings is 1. The molecule has 1 unspecified atom stereocenters.